The van der Waals surface area contributed by atoms with E-state index in [0.717, 1.165) is 5.56 Å². The van der Waals surface area contributed by atoms with Crippen molar-refractivity contribution < 1.29 is 19.1 Å². The van der Waals surface area contributed by atoms with Crippen LogP contribution in [-0.2, 0) is 21.4 Å². The van der Waals surface area contributed by atoms with Crippen molar-refractivity contribution in [3.8, 4) is 11.4 Å². The normalized spacial score (nSPS) is 11.9. The SMILES string of the molecule is COc1cccc(/C=C/C(=O)O[C@@H](C)C(=O)Nc2c(C)n(C)n(-c3ccccc3)c2=O)c1. The summed E-state index contributed by atoms with van der Waals surface area (Å²) in [6, 6.07) is 16.2. The molecular weight excluding hydrogens is 410 g/mol. The van der Waals surface area contributed by atoms with Crippen molar-refractivity contribution in [2.45, 2.75) is 20.0 Å². The molecular formula is C24H25N3O5. The van der Waals surface area contributed by atoms with Crippen LogP contribution in [0.25, 0.3) is 11.8 Å². The summed E-state index contributed by atoms with van der Waals surface area (Å²) in [4.78, 5) is 37.6. The smallest absolute Gasteiger partial charge is 0.331 e. The van der Waals surface area contributed by atoms with Crippen molar-refractivity contribution in [1.82, 2.24) is 9.36 Å². The van der Waals surface area contributed by atoms with Crippen molar-refractivity contribution in [3.63, 3.8) is 0 Å². The third-order valence-electron chi connectivity index (χ3n) is 4.97. The summed E-state index contributed by atoms with van der Waals surface area (Å²) >= 11 is 0. The van der Waals surface area contributed by atoms with Crippen LogP contribution < -0.4 is 15.6 Å². The largest absolute Gasteiger partial charge is 0.497 e. The minimum atomic E-state index is -1.10. The Kier molecular flexibility index (Phi) is 6.94. The van der Waals surface area contributed by atoms with Gasteiger partial charge in [-0.15, -0.1) is 0 Å². The predicted molar refractivity (Wildman–Crippen MR) is 122 cm³/mol. The molecule has 1 heterocycles. The van der Waals surface area contributed by atoms with E-state index in [-0.39, 0.29) is 11.2 Å². The van der Waals surface area contributed by atoms with E-state index in [4.69, 9.17) is 9.47 Å². The Morgan fingerprint density at radius 1 is 1.09 bits per heavy atom. The average molecular weight is 435 g/mol. The number of benzene rings is 2. The number of carbonyl (C=O) groups excluding carboxylic acids is 2. The van der Waals surface area contributed by atoms with Crippen molar-refractivity contribution in [2.75, 3.05) is 12.4 Å². The molecule has 3 rings (SSSR count). The zero-order valence-electron chi connectivity index (χ0n) is 18.4. The lowest BCUT2D eigenvalue weighted by Crippen LogP contribution is -2.31. The van der Waals surface area contributed by atoms with Crippen LogP contribution in [-0.4, -0.2) is 34.5 Å². The topological polar surface area (TPSA) is 91.6 Å². The van der Waals surface area contributed by atoms with E-state index in [2.05, 4.69) is 5.32 Å². The molecule has 166 valence electrons. The second kappa shape index (κ2) is 9.82. The van der Waals surface area contributed by atoms with Crippen LogP contribution in [0, 0.1) is 6.92 Å². The van der Waals surface area contributed by atoms with Gasteiger partial charge >= 0.3 is 5.97 Å². The Morgan fingerprint density at radius 2 is 1.81 bits per heavy atom. The number of para-hydroxylation sites is 1. The maximum absolute atomic E-state index is 12.9. The van der Waals surface area contributed by atoms with Crippen molar-refractivity contribution in [2.24, 2.45) is 7.05 Å². The van der Waals surface area contributed by atoms with Gasteiger partial charge < -0.3 is 14.8 Å². The monoisotopic (exact) mass is 435 g/mol. The molecule has 1 amide bonds. The highest BCUT2D eigenvalue weighted by molar-refractivity contribution is 5.97. The Labute approximate surface area is 185 Å². The number of esters is 1. The Balaban J connectivity index is 1.69. The highest BCUT2D eigenvalue weighted by atomic mass is 16.5. The number of nitrogens with one attached hydrogen (secondary N) is 1. The summed E-state index contributed by atoms with van der Waals surface area (Å²) in [7, 11) is 3.28. The number of aromatic nitrogens is 2. The molecule has 0 bridgehead atoms. The summed E-state index contributed by atoms with van der Waals surface area (Å²) in [6.45, 7) is 3.17. The van der Waals surface area contributed by atoms with E-state index in [1.165, 1.54) is 17.7 Å². The van der Waals surface area contributed by atoms with E-state index in [1.54, 1.807) is 68.2 Å². The maximum atomic E-state index is 12.9. The van der Waals surface area contributed by atoms with E-state index in [0.29, 0.717) is 17.1 Å². The first kappa shape index (κ1) is 22.6. The molecule has 1 aromatic heterocycles. The van der Waals surface area contributed by atoms with Crippen molar-refractivity contribution in [1.29, 1.82) is 0 Å². The number of hydrogen-bond donors (Lipinski definition) is 1. The van der Waals surface area contributed by atoms with E-state index >= 15 is 0 Å². The predicted octanol–water partition coefficient (Wildman–Crippen LogP) is 3.08. The molecule has 0 aliphatic rings. The van der Waals surface area contributed by atoms with E-state index < -0.39 is 18.0 Å². The molecule has 0 saturated carbocycles. The van der Waals surface area contributed by atoms with Crippen LogP contribution in [0.5, 0.6) is 5.75 Å². The van der Waals surface area contributed by atoms with Crippen LogP contribution in [0.2, 0.25) is 0 Å². The van der Waals surface area contributed by atoms with Crippen LogP contribution in [0.4, 0.5) is 5.69 Å². The lowest BCUT2D eigenvalue weighted by atomic mass is 10.2. The Hall–Kier alpha value is -4.07. The molecule has 8 heteroatoms. The van der Waals surface area contributed by atoms with E-state index in [1.807, 2.05) is 18.2 Å². The molecule has 32 heavy (non-hydrogen) atoms. The molecule has 1 atom stereocenters. The molecule has 0 unspecified atom stereocenters. The minimum absolute atomic E-state index is 0.135. The second-order valence-electron chi connectivity index (χ2n) is 7.11. The highest BCUT2D eigenvalue weighted by Crippen LogP contribution is 2.15. The molecule has 0 saturated heterocycles. The molecule has 0 fully saturated rings. The van der Waals surface area contributed by atoms with Crippen LogP contribution >= 0.6 is 0 Å². The van der Waals surface area contributed by atoms with Gasteiger partial charge in [0.1, 0.15) is 11.4 Å². The second-order valence-corrected chi connectivity index (χ2v) is 7.11. The van der Waals surface area contributed by atoms with Gasteiger partial charge in [-0.25, -0.2) is 9.48 Å². The van der Waals surface area contributed by atoms with Gasteiger partial charge in [-0.1, -0.05) is 30.3 Å². The quantitative estimate of drug-likeness (QED) is 0.455. The van der Waals surface area contributed by atoms with Gasteiger partial charge in [0.05, 0.1) is 18.5 Å². The molecule has 0 spiro atoms. The van der Waals surface area contributed by atoms with Crippen LogP contribution in [0.15, 0.2) is 65.5 Å². The van der Waals surface area contributed by atoms with E-state index in [9.17, 15) is 14.4 Å². The first-order chi connectivity index (χ1) is 15.3. The van der Waals surface area contributed by atoms with Crippen molar-refractivity contribution in [3.05, 3.63) is 82.3 Å². The Morgan fingerprint density at radius 3 is 2.50 bits per heavy atom. The number of nitrogens with zero attached hydrogens (tertiary/aromatic N) is 2. The first-order valence-electron chi connectivity index (χ1n) is 9.99. The molecule has 8 nitrogen and oxygen atoms in total. The standard InChI is InChI=1S/C24H25N3O5/c1-16-22(24(30)27(26(16)3)19-10-6-5-7-11-19)25-23(29)17(2)32-21(28)14-13-18-9-8-12-20(15-18)31-4/h5-15,17H,1-4H3,(H,25,29)/b14-13+/t17-/m0/s1. The zero-order valence-corrected chi connectivity index (χ0v) is 18.4. The van der Waals surface area contributed by atoms with Crippen molar-refractivity contribution >= 4 is 23.6 Å². The van der Waals surface area contributed by atoms with Gasteiger partial charge in [-0.3, -0.25) is 14.3 Å². The highest BCUT2D eigenvalue weighted by Gasteiger charge is 2.22. The average Bonchev–Trinajstić information content (AvgIpc) is 3.01. The fraction of sp³-hybridized carbons (Fsp3) is 0.208. The number of anilines is 1. The zero-order chi connectivity index (χ0) is 23.3. The molecule has 0 radical (unpaired) electrons. The van der Waals surface area contributed by atoms with Gasteiger partial charge in [-0.2, -0.15) is 0 Å². The lowest BCUT2D eigenvalue weighted by molar-refractivity contribution is -0.148. The third-order valence-corrected chi connectivity index (χ3v) is 4.97. The summed E-state index contributed by atoms with van der Waals surface area (Å²) in [5.74, 6) is -0.617. The molecule has 0 aliphatic heterocycles. The number of methoxy groups -OCH3 is 1. The van der Waals surface area contributed by atoms with Gasteiger partial charge in [0.25, 0.3) is 11.5 Å². The van der Waals surface area contributed by atoms with Gasteiger partial charge in [-0.05, 0) is 49.8 Å². The van der Waals surface area contributed by atoms with Crippen LogP contribution in [0.1, 0.15) is 18.2 Å². The molecule has 2 aromatic carbocycles. The summed E-state index contributed by atoms with van der Waals surface area (Å²) in [5.41, 5.74) is 1.76. The Bertz CT molecular complexity index is 1210. The molecule has 0 aliphatic carbocycles. The van der Waals surface area contributed by atoms with Gasteiger partial charge in [0.2, 0.25) is 0 Å². The molecule has 3 aromatic rings. The fourth-order valence-corrected chi connectivity index (χ4v) is 3.11. The molecule has 1 N–H and O–H groups in total. The minimum Gasteiger partial charge on any atom is -0.497 e. The summed E-state index contributed by atoms with van der Waals surface area (Å²) in [6.07, 6.45) is 1.70. The fourth-order valence-electron chi connectivity index (χ4n) is 3.11. The maximum Gasteiger partial charge on any atom is 0.331 e. The number of amides is 1. The number of hydrogen-bond acceptors (Lipinski definition) is 5. The summed E-state index contributed by atoms with van der Waals surface area (Å²) in [5, 5.41) is 2.59. The number of ether oxygens (including phenoxy) is 2. The van der Waals surface area contributed by atoms with Gasteiger partial charge in [0.15, 0.2) is 6.10 Å². The number of rotatable bonds is 7. The summed E-state index contributed by atoms with van der Waals surface area (Å²) < 4.78 is 13.4. The lowest BCUT2D eigenvalue weighted by Gasteiger charge is -2.11. The third kappa shape index (κ3) is 4.97. The first-order valence-corrected chi connectivity index (χ1v) is 9.99. The van der Waals surface area contributed by atoms with Gasteiger partial charge in [0, 0.05) is 13.1 Å². The number of carbonyl (C=O) groups is 2. The van der Waals surface area contributed by atoms with Crippen LogP contribution in [0.3, 0.4) is 0 Å².